The lowest BCUT2D eigenvalue weighted by Crippen LogP contribution is -2.31. The van der Waals surface area contributed by atoms with Crippen LogP contribution in [-0.4, -0.2) is 34.5 Å². The molecule has 102 valence electrons. The zero-order valence-electron chi connectivity index (χ0n) is 11.9. The molecule has 2 atom stereocenters. The van der Waals surface area contributed by atoms with Gasteiger partial charge in [0.15, 0.2) is 0 Å². The number of aromatic nitrogens is 2. The summed E-state index contributed by atoms with van der Waals surface area (Å²) in [6, 6.07) is -0.347. The number of rotatable bonds is 5. The highest BCUT2D eigenvalue weighted by atomic mass is 16.2. The molecule has 0 aliphatic carbocycles. The van der Waals surface area contributed by atoms with Gasteiger partial charge in [-0.25, -0.2) is 4.98 Å². The Balaban J connectivity index is 2.91. The van der Waals surface area contributed by atoms with Crippen LogP contribution in [0, 0.1) is 5.92 Å². The van der Waals surface area contributed by atoms with Crippen molar-refractivity contribution in [1.29, 1.82) is 0 Å². The van der Waals surface area contributed by atoms with Gasteiger partial charge in [0.05, 0.1) is 12.0 Å². The van der Waals surface area contributed by atoms with E-state index in [1.165, 1.54) is 0 Å². The fraction of sp³-hybridized carbons (Fsp3) is 0.692. The quantitative estimate of drug-likeness (QED) is 0.865. The van der Waals surface area contributed by atoms with E-state index in [1.54, 1.807) is 31.5 Å². The second kappa shape index (κ2) is 6.00. The molecule has 2 unspecified atom stereocenters. The summed E-state index contributed by atoms with van der Waals surface area (Å²) in [7, 11) is 3.51. The number of carbonyl (C=O) groups excluding carboxylic acids is 1. The van der Waals surface area contributed by atoms with Crippen molar-refractivity contribution >= 4 is 5.91 Å². The van der Waals surface area contributed by atoms with Crippen LogP contribution in [0.5, 0.6) is 0 Å². The molecule has 1 amide bonds. The minimum Gasteiger partial charge on any atom is -0.347 e. The Morgan fingerprint density at radius 2 is 2.06 bits per heavy atom. The van der Waals surface area contributed by atoms with Crippen LogP contribution in [0.4, 0.5) is 0 Å². The van der Waals surface area contributed by atoms with Gasteiger partial charge in [0.1, 0.15) is 6.04 Å². The minimum atomic E-state index is -0.268. The van der Waals surface area contributed by atoms with Crippen LogP contribution >= 0.6 is 0 Å². The smallest absolute Gasteiger partial charge is 0.244 e. The molecule has 1 heterocycles. The Morgan fingerprint density at radius 1 is 1.44 bits per heavy atom. The summed E-state index contributed by atoms with van der Waals surface area (Å²) in [5.74, 6) is 0.564. The average molecular weight is 252 g/mol. The SMILES string of the molecule is CC(C)CC(N)c1cncn1C(C)C(=O)N(C)C. The van der Waals surface area contributed by atoms with Crippen LogP contribution in [-0.2, 0) is 4.79 Å². The molecule has 1 rings (SSSR count). The molecule has 18 heavy (non-hydrogen) atoms. The molecule has 1 aromatic rings. The summed E-state index contributed by atoms with van der Waals surface area (Å²) in [6.07, 6.45) is 4.32. The van der Waals surface area contributed by atoms with E-state index >= 15 is 0 Å². The third kappa shape index (κ3) is 3.32. The molecule has 1 aromatic heterocycles. The summed E-state index contributed by atoms with van der Waals surface area (Å²) in [6.45, 7) is 6.14. The number of nitrogens with zero attached hydrogens (tertiary/aromatic N) is 3. The first-order valence-electron chi connectivity index (χ1n) is 6.33. The third-order valence-electron chi connectivity index (χ3n) is 3.02. The van der Waals surface area contributed by atoms with Crippen LogP contribution in [0.15, 0.2) is 12.5 Å². The predicted molar refractivity (Wildman–Crippen MR) is 72.0 cm³/mol. The molecule has 5 nitrogen and oxygen atoms in total. The van der Waals surface area contributed by atoms with Crippen LogP contribution in [0.3, 0.4) is 0 Å². The number of hydrogen-bond donors (Lipinski definition) is 1. The van der Waals surface area contributed by atoms with Crippen LogP contribution in [0.25, 0.3) is 0 Å². The second-order valence-electron chi connectivity index (χ2n) is 5.37. The van der Waals surface area contributed by atoms with Crippen molar-refractivity contribution in [2.75, 3.05) is 14.1 Å². The number of nitrogens with two attached hydrogens (primary N) is 1. The van der Waals surface area contributed by atoms with E-state index < -0.39 is 0 Å². The Morgan fingerprint density at radius 3 is 2.56 bits per heavy atom. The highest BCUT2D eigenvalue weighted by Crippen LogP contribution is 2.22. The Bertz CT molecular complexity index is 397. The Labute approximate surface area is 109 Å². The van der Waals surface area contributed by atoms with E-state index in [2.05, 4.69) is 18.8 Å². The topological polar surface area (TPSA) is 64.1 Å². The summed E-state index contributed by atoms with van der Waals surface area (Å²) in [5, 5.41) is 0. The maximum atomic E-state index is 12.0. The highest BCUT2D eigenvalue weighted by molar-refractivity contribution is 5.79. The minimum absolute atomic E-state index is 0.0472. The number of hydrogen-bond acceptors (Lipinski definition) is 3. The first kappa shape index (κ1) is 14.7. The van der Waals surface area contributed by atoms with Gasteiger partial charge in [-0.1, -0.05) is 13.8 Å². The standard InChI is InChI=1S/C13H24N4O/c1-9(2)6-11(14)12-7-15-8-17(12)10(3)13(18)16(4)5/h7-11H,6,14H2,1-5H3. The number of imidazole rings is 1. The fourth-order valence-corrected chi connectivity index (χ4v) is 2.05. The summed E-state index contributed by atoms with van der Waals surface area (Å²) in [5.41, 5.74) is 7.09. The molecular weight excluding hydrogens is 228 g/mol. The van der Waals surface area contributed by atoms with Crippen molar-refractivity contribution in [2.45, 2.75) is 39.3 Å². The fourth-order valence-electron chi connectivity index (χ4n) is 2.05. The average Bonchev–Trinajstić information content (AvgIpc) is 2.74. The van der Waals surface area contributed by atoms with Crippen molar-refractivity contribution in [2.24, 2.45) is 11.7 Å². The largest absolute Gasteiger partial charge is 0.347 e. The number of likely N-dealkylation sites (N-methyl/N-ethyl adjacent to an activating group) is 1. The zero-order chi connectivity index (χ0) is 13.9. The summed E-state index contributed by atoms with van der Waals surface area (Å²) in [4.78, 5) is 17.7. The van der Waals surface area contributed by atoms with Gasteiger partial charge in [0.2, 0.25) is 5.91 Å². The third-order valence-corrected chi connectivity index (χ3v) is 3.02. The first-order chi connectivity index (χ1) is 8.34. The van der Waals surface area contributed by atoms with Crippen molar-refractivity contribution in [3.05, 3.63) is 18.2 Å². The lowest BCUT2D eigenvalue weighted by atomic mass is 10.0. The molecule has 0 saturated carbocycles. The van der Waals surface area contributed by atoms with Crippen molar-refractivity contribution in [3.63, 3.8) is 0 Å². The maximum absolute atomic E-state index is 12.0. The van der Waals surface area contributed by atoms with E-state index in [0.717, 1.165) is 12.1 Å². The van der Waals surface area contributed by atoms with E-state index in [0.29, 0.717) is 5.92 Å². The van der Waals surface area contributed by atoms with Crippen LogP contribution in [0.1, 0.15) is 45.0 Å². The molecule has 0 spiro atoms. The molecule has 0 saturated heterocycles. The first-order valence-corrected chi connectivity index (χ1v) is 6.33. The molecular formula is C13H24N4O. The van der Waals surface area contributed by atoms with E-state index in [1.807, 2.05) is 11.5 Å². The van der Waals surface area contributed by atoms with Crippen molar-refractivity contribution in [1.82, 2.24) is 14.5 Å². The number of amides is 1. The molecule has 0 fully saturated rings. The lowest BCUT2D eigenvalue weighted by molar-refractivity contribution is -0.131. The van der Waals surface area contributed by atoms with Gasteiger partial charge in [-0.05, 0) is 19.3 Å². The molecule has 5 heteroatoms. The van der Waals surface area contributed by atoms with Gasteiger partial charge >= 0.3 is 0 Å². The van der Waals surface area contributed by atoms with Gasteiger partial charge in [-0.2, -0.15) is 0 Å². The Hall–Kier alpha value is -1.36. The van der Waals surface area contributed by atoms with E-state index in [9.17, 15) is 4.79 Å². The number of carbonyl (C=O) groups is 1. The lowest BCUT2D eigenvalue weighted by Gasteiger charge is -2.22. The summed E-state index contributed by atoms with van der Waals surface area (Å²) >= 11 is 0. The maximum Gasteiger partial charge on any atom is 0.244 e. The highest BCUT2D eigenvalue weighted by Gasteiger charge is 2.21. The molecule has 2 N–H and O–H groups in total. The molecule has 0 aliphatic heterocycles. The zero-order valence-corrected chi connectivity index (χ0v) is 11.9. The van der Waals surface area contributed by atoms with Crippen molar-refractivity contribution < 1.29 is 4.79 Å². The normalized spacial score (nSPS) is 14.6. The Kier molecular flexibility index (Phi) is 4.90. The van der Waals surface area contributed by atoms with Crippen molar-refractivity contribution in [3.8, 4) is 0 Å². The predicted octanol–water partition coefficient (Wildman–Crippen LogP) is 1.58. The van der Waals surface area contributed by atoms with E-state index in [4.69, 9.17) is 5.73 Å². The molecule has 0 radical (unpaired) electrons. The van der Waals surface area contributed by atoms with Gasteiger partial charge in [0, 0.05) is 26.3 Å². The van der Waals surface area contributed by atoms with Crippen LogP contribution < -0.4 is 5.73 Å². The molecule has 0 aromatic carbocycles. The molecule has 0 aliphatic rings. The molecule has 0 bridgehead atoms. The second-order valence-corrected chi connectivity index (χ2v) is 5.37. The van der Waals surface area contributed by atoms with Gasteiger partial charge in [-0.3, -0.25) is 4.79 Å². The van der Waals surface area contributed by atoms with Gasteiger partial charge in [-0.15, -0.1) is 0 Å². The van der Waals surface area contributed by atoms with Gasteiger partial charge in [0.25, 0.3) is 0 Å². The van der Waals surface area contributed by atoms with E-state index in [-0.39, 0.29) is 18.0 Å². The monoisotopic (exact) mass is 252 g/mol. The van der Waals surface area contributed by atoms with Gasteiger partial charge < -0.3 is 15.2 Å². The summed E-state index contributed by atoms with van der Waals surface area (Å²) < 4.78 is 1.87. The van der Waals surface area contributed by atoms with Crippen LogP contribution in [0.2, 0.25) is 0 Å².